The summed E-state index contributed by atoms with van der Waals surface area (Å²) in [5, 5.41) is 5.49. The highest BCUT2D eigenvalue weighted by molar-refractivity contribution is 7.12. The molecule has 3 N–H and O–H groups in total. The lowest BCUT2D eigenvalue weighted by atomic mass is 10.0. The Kier molecular flexibility index (Phi) is 4.26. The van der Waals surface area contributed by atoms with E-state index in [1.807, 2.05) is 6.92 Å². The minimum absolute atomic E-state index is 0.137. The van der Waals surface area contributed by atoms with Gasteiger partial charge in [-0.2, -0.15) is 0 Å². The molecule has 22 heavy (non-hydrogen) atoms. The highest BCUT2D eigenvalue weighted by Crippen LogP contribution is 2.30. The number of primary amides is 1. The summed E-state index contributed by atoms with van der Waals surface area (Å²) in [4.78, 5) is 29.8. The molecule has 0 spiro atoms. The van der Waals surface area contributed by atoms with Gasteiger partial charge in [0.05, 0.1) is 22.2 Å². The van der Waals surface area contributed by atoms with Gasteiger partial charge in [-0.1, -0.05) is 0 Å². The number of rotatable bonds is 4. The molecule has 1 aliphatic rings. The molecule has 1 atom stereocenters. The van der Waals surface area contributed by atoms with Crippen molar-refractivity contribution in [1.29, 1.82) is 0 Å². The third kappa shape index (κ3) is 3.05. The Bertz CT molecular complexity index is 697. The van der Waals surface area contributed by atoms with Gasteiger partial charge in [0, 0.05) is 10.3 Å². The van der Waals surface area contributed by atoms with Gasteiger partial charge in [0.25, 0.3) is 5.91 Å². The van der Waals surface area contributed by atoms with E-state index >= 15 is 0 Å². The number of carbonyl (C=O) groups excluding carboxylic acids is 2. The topological polar surface area (TPSA) is 85.1 Å². The van der Waals surface area contributed by atoms with Crippen molar-refractivity contribution < 1.29 is 9.59 Å². The maximum absolute atomic E-state index is 12.2. The van der Waals surface area contributed by atoms with E-state index < -0.39 is 5.91 Å². The predicted octanol–water partition coefficient (Wildman–Crippen LogP) is 2.67. The lowest BCUT2D eigenvalue weighted by Crippen LogP contribution is -2.26. The highest BCUT2D eigenvalue weighted by Gasteiger charge is 2.20. The van der Waals surface area contributed by atoms with Crippen LogP contribution in [0.3, 0.4) is 0 Å². The highest BCUT2D eigenvalue weighted by atomic mass is 32.1. The van der Waals surface area contributed by atoms with Crippen molar-refractivity contribution in [3.63, 3.8) is 0 Å². The Morgan fingerprint density at radius 3 is 2.82 bits per heavy atom. The first-order valence-corrected chi connectivity index (χ1v) is 8.92. The molecule has 116 valence electrons. The van der Waals surface area contributed by atoms with Gasteiger partial charge in [-0.05, 0) is 38.7 Å². The molecule has 7 heteroatoms. The fourth-order valence-electron chi connectivity index (χ4n) is 2.47. The zero-order chi connectivity index (χ0) is 15.7. The summed E-state index contributed by atoms with van der Waals surface area (Å²) in [5.41, 5.74) is 6.77. The summed E-state index contributed by atoms with van der Waals surface area (Å²) >= 11 is 2.91. The minimum atomic E-state index is -0.518. The van der Waals surface area contributed by atoms with Crippen molar-refractivity contribution in [3.05, 3.63) is 37.5 Å². The van der Waals surface area contributed by atoms with E-state index in [1.165, 1.54) is 40.8 Å². The van der Waals surface area contributed by atoms with E-state index in [0.717, 1.165) is 17.8 Å². The van der Waals surface area contributed by atoms with Gasteiger partial charge in [0.2, 0.25) is 5.91 Å². The first-order valence-electron chi connectivity index (χ1n) is 7.22. The SMILES string of the molecule is C[C@@H](NC(=O)c1cc(C(N)=O)cs1)c1nc2c(s1)CCCC2. The molecule has 0 bridgehead atoms. The number of hydrogen-bond acceptors (Lipinski definition) is 5. The molecule has 0 aliphatic heterocycles. The van der Waals surface area contributed by atoms with Crippen LogP contribution in [-0.2, 0) is 12.8 Å². The average Bonchev–Trinajstić information content (AvgIpc) is 3.14. The number of nitrogens with one attached hydrogen (secondary N) is 1. The monoisotopic (exact) mass is 335 g/mol. The smallest absolute Gasteiger partial charge is 0.261 e. The molecule has 0 aromatic carbocycles. The first kappa shape index (κ1) is 15.2. The van der Waals surface area contributed by atoms with Crippen molar-refractivity contribution in [2.75, 3.05) is 0 Å². The number of carbonyl (C=O) groups is 2. The average molecular weight is 335 g/mol. The van der Waals surface area contributed by atoms with E-state index in [9.17, 15) is 9.59 Å². The maximum atomic E-state index is 12.2. The van der Waals surface area contributed by atoms with Gasteiger partial charge in [-0.3, -0.25) is 9.59 Å². The Morgan fingerprint density at radius 1 is 1.36 bits per heavy atom. The van der Waals surface area contributed by atoms with Gasteiger partial charge in [0.1, 0.15) is 5.01 Å². The standard InChI is InChI=1S/C15H17N3O2S2/c1-8(15-18-10-4-2-3-5-11(10)22-15)17-14(20)12-6-9(7-21-12)13(16)19/h6-8H,2-5H2,1H3,(H2,16,19)(H,17,20)/t8-/m1/s1. The van der Waals surface area contributed by atoms with Gasteiger partial charge >= 0.3 is 0 Å². The zero-order valence-electron chi connectivity index (χ0n) is 12.2. The second kappa shape index (κ2) is 6.18. The fourth-order valence-corrected chi connectivity index (χ4v) is 4.43. The molecule has 2 heterocycles. The summed E-state index contributed by atoms with van der Waals surface area (Å²) in [6.45, 7) is 1.94. The van der Waals surface area contributed by atoms with E-state index in [0.29, 0.717) is 10.4 Å². The van der Waals surface area contributed by atoms with E-state index in [1.54, 1.807) is 16.7 Å². The van der Waals surface area contributed by atoms with Crippen LogP contribution in [0, 0.1) is 0 Å². The molecule has 5 nitrogen and oxygen atoms in total. The Balaban J connectivity index is 1.70. The third-order valence-electron chi connectivity index (χ3n) is 3.69. The maximum Gasteiger partial charge on any atom is 0.261 e. The molecule has 0 fully saturated rings. The molecule has 3 rings (SSSR count). The van der Waals surface area contributed by atoms with Gasteiger partial charge in [-0.25, -0.2) is 4.98 Å². The quantitative estimate of drug-likeness (QED) is 0.901. The minimum Gasteiger partial charge on any atom is -0.366 e. The lowest BCUT2D eigenvalue weighted by molar-refractivity contribution is 0.0944. The zero-order valence-corrected chi connectivity index (χ0v) is 13.9. The molecule has 0 radical (unpaired) electrons. The summed E-state index contributed by atoms with van der Waals surface area (Å²) in [7, 11) is 0. The Morgan fingerprint density at radius 2 is 2.14 bits per heavy atom. The number of hydrogen-bond donors (Lipinski definition) is 2. The molecular formula is C15H17N3O2S2. The lowest BCUT2D eigenvalue weighted by Gasteiger charge is -2.09. The predicted molar refractivity (Wildman–Crippen MR) is 87.5 cm³/mol. The summed E-state index contributed by atoms with van der Waals surface area (Å²) in [6.07, 6.45) is 4.56. The van der Waals surface area contributed by atoms with Crippen LogP contribution in [0.4, 0.5) is 0 Å². The normalized spacial score (nSPS) is 15.1. The van der Waals surface area contributed by atoms with Crippen LogP contribution in [0.25, 0.3) is 0 Å². The largest absolute Gasteiger partial charge is 0.366 e. The molecule has 0 unspecified atom stereocenters. The van der Waals surface area contributed by atoms with Crippen LogP contribution in [0.5, 0.6) is 0 Å². The number of aryl methyl sites for hydroxylation is 2. The van der Waals surface area contributed by atoms with Gasteiger partial charge in [0.15, 0.2) is 0 Å². The summed E-state index contributed by atoms with van der Waals surface area (Å²) in [6, 6.07) is 1.39. The van der Waals surface area contributed by atoms with Crippen molar-refractivity contribution in [2.24, 2.45) is 5.73 Å². The summed E-state index contributed by atoms with van der Waals surface area (Å²) in [5.74, 6) is -0.714. The van der Waals surface area contributed by atoms with Crippen LogP contribution in [0.15, 0.2) is 11.4 Å². The van der Waals surface area contributed by atoms with Crippen molar-refractivity contribution >= 4 is 34.5 Å². The molecule has 1 aliphatic carbocycles. The number of thiazole rings is 1. The van der Waals surface area contributed by atoms with E-state index in [2.05, 4.69) is 10.3 Å². The molecule has 2 amide bonds. The van der Waals surface area contributed by atoms with Gasteiger partial charge in [-0.15, -0.1) is 22.7 Å². The van der Waals surface area contributed by atoms with Crippen LogP contribution < -0.4 is 11.1 Å². The van der Waals surface area contributed by atoms with Crippen LogP contribution in [0.1, 0.15) is 61.4 Å². The second-order valence-corrected chi connectivity index (χ2v) is 7.41. The third-order valence-corrected chi connectivity index (χ3v) is 5.96. The first-order chi connectivity index (χ1) is 10.5. The van der Waals surface area contributed by atoms with Crippen molar-refractivity contribution in [1.82, 2.24) is 10.3 Å². The number of thiophene rings is 1. The Labute approximate surface area is 136 Å². The number of aromatic nitrogens is 1. The van der Waals surface area contributed by atoms with Crippen molar-refractivity contribution in [2.45, 2.75) is 38.6 Å². The van der Waals surface area contributed by atoms with Crippen LogP contribution in [-0.4, -0.2) is 16.8 Å². The molecule has 0 saturated carbocycles. The number of nitrogens with two attached hydrogens (primary N) is 1. The summed E-state index contributed by atoms with van der Waals surface area (Å²) < 4.78 is 0. The van der Waals surface area contributed by atoms with Crippen LogP contribution >= 0.6 is 22.7 Å². The molecule has 2 aromatic rings. The molecule has 2 aromatic heterocycles. The van der Waals surface area contributed by atoms with E-state index in [4.69, 9.17) is 5.73 Å². The second-order valence-electron chi connectivity index (χ2n) is 5.39. The van der Waals surface area contributed by atoms with E-state index in [-0.39, 0.29) is 11.9 Å². The Hall–Kier alpha value is -1.73. The molecular weight excluding hydrogens is 318 g/mol. The number of fused-ring (bicyclic) bond motifs is 1. The molecule has 0 saturated heterocycles. The van der Waals surface area contributed by atoms with Gasteiger partial charge < -0.3 is 11.1 Å². The number of amides is 2. The van der Waals surface area contributed by atoms with Crippen LogP contribution in [0.2, 0.25) is 0 Å². The fraction of sp³-hybridized carbons (Fsp3) is 0.400. The number of nitrogens with zero attached hydrogens (tertiary/aromatic N) is 1. The van der Waals surface area contributed by atoms with Crippen molar-refractivity contribution in [3.8, 4) is 0 Å².